The third-order valence-electron chi connectivity index (χ3n) is 3.27. The molecule has 2 aromatic rings. The summed E-state index contributed by atoms with van der Waals surface area (Å²) in [5.41, 5.74) is 1.92. The van der Waals surface area contributed by atoms with Crippen molar-refractivity contribution < 1.29 is 4.79 Å². The first-order chi connectivity index (χ1) is 8.31. The van der Waals surface area contributed by atoms with Gasteiger partial charge in [-0.25, -0.2) is 0 Å². The number of rotatable bonds is 2. The highest BCUT2D eigenvalue weighted by molar-refractivity contribution is 6.10. The highest BCUT2D eigenvalue weighted by atomic mass is 16.2. The zero-order valence-corrected chi connectivity index (χ0v) is 9.44. The van der Waals surface area contributed by atoms with Crippen LogP contribution in [0.3, 0.4) is 0 Å². The van der Waals surface area contributed by atoms with Gasteiger partial charge in [-0.05, 0) is 22.8 Å². The largest absolute Gasteiger partial charge is 0.345 e. The van der Waals surface area contributed by atoms with Crippen LogP contribution in [0.1, 0.15) is 28.4 Å². The maximum absolute atomic E-state index is 12.0. The molecule has 1 amide bonds. The number of hydrogen-bond donors (Lipinski definition) is 1. The molecule has 1 N–H and O–H groups in total. The molecule has 0 fully saturated rings. The maximum atomic E-state index is 12.0. The molecule has 2 heteroatoms. The van der Waals surface area contributed by atoms with Gasteiger partial charge in [0.05, 0.1) is 11.6 Å². The van der Waals surface area contributed by atoms with E-state index in [1.54, 1.807) is 0 Å². The Morgan fingerprint density at radius 1 is 1.24 bits per heavy atom. The Morgan fingerprint density at radius 2 is 2.06 bits per heavy atom. The SMILES string of the molecule is C=CCC1NC(=O)c2c1ccc1ccccc21. The molecular weight excluding hydrogens is 210 g/mol. The van der Waals surface area contributed by atoms with E-state index in [2.05, 4.69) is 18.0 Å². The van der Waals surface area contributed by atoms with Crippen molar-refractivity contribution in [1.29, 1.82) is 0 Å². The Balaban J connectivity index is 2.27. The van der Waals surface area contributed by atoms with Gasteiger partial charge in [-0.15, -0.1) is 6.58 Å². The lowest BCUT2D eigenvalue weighted by Gasteiger charge is -2.08. The van der Waals surface area contributed by atoms with Crippen LogP contribution in [0, 0.1) is 0 Å². The second kappa shape index (κ2) is 3.74. The van der Waals surface area contributed by atoms with Gasteiger partial charge in [-0.2, -0.15) is 0 Å². The second-order valence-electron chi connectivity index (χ2n) is 4.30. The summed E-state index contributed by atoms with van der Waals surface area (Å²) in [6, 6.07) is 12.2. The van der Waals surface area contributed by atoms with E-state index in [9.17, 15) is 4.79 Å². The molecular formula is C15H13NO. The molecule has 2 aromatic carbocycles. The minimum atomic E-state index is 0.0312. The Kier molecular flexibility index (Phi) is 2.22. The molecule has 0 saturated carbocycles. The van der Waals surface area contributed by atoms with Crippen LogP contribution in [0.2, 0.25) is 0 Å². The third kappa shape index (κ3) is 1.45. The minimum absolute atomic E-state index is 0.0312. The van der Waals surface area contributed by atoms with Crippen LogP contribution in [0.5, 0.6) is 0 Å². The number of fused-ring (bicyclic) bond motifs is 3. The van der Waals surface area contributed by atoms with Crippen molar-refractivity contribution in [3.05, 3.63) is 60.2 Å². The van der Waals surface area contributed by atoms with E-state index in [4.69, 9.17) is 0 Å². The highest BCUT2D eigenvalue weighted by Crippen LogP contribution is 2.33. The number of amides is 1. The van der Waals surface area contributed by atoms with Crippen molar-refractivity contribution >= 4 is 16.7 Å². The Hall–Kier alpha value is -2.09. The molecule has 17 heavy (non-hydrogen) atoms. The molecule has 1 aliphatic rings. The van der Waals surface area contributed by atoms with Crippen LogP contribution in [-0.2, 0) is 0 Å². The number of benzene rings is 2. The fraction of sp³-hybridized carbons (Fsp3) is 0.133. The topological polar surface area (TPSA) is 29.1 Å². The fourth-order valence-corrected chi connectivity index (χ4v) is 2.49. The van der Waals surface area contributed by atoms with Gasteiger partial charge in [0.1, 0.15) is 0 Å². The van der Waals surface area contributed by atoms with Gasteiger partial charge >= 0.3 is 0 Å². The smallest absolute Gasteiger partial charge is 0.252 e. The van der Waals surface area contributed by atoms with Crippen LogP contribution in [0.25, 0.3) is 10.8 Å². The molecule has 1 atom stereocenters. The second-order valence-corrected chi connectivity index (χ2v) is 4.30. The summed E-state index contributed by atoms with van der Waals surface area (Å²) in [6.45, 7) is 3.73. The third-order valence-corrected chi connectivity index (χ3v) is 3.27. The zero-order valence-electron chi connectivity index (χ0n) is 9.44. The van der Waals surface area contributed by atoms with E-state index in [1.807, 2.05) is 36.4 Å². The zero-order chi connectivity index (χ0) is 11.8. The van der Waals surface area contributed by atoms with E-state index in [-0.39, 0.29) is 11.9 Å². The lowest BCUT2D eigenvalue weighted by atomic mass is 9.96. The van der Waals surface area contributed by atoms with Crippen LogP contribution in [-0.4, -0.2) is 5.91 Å². The standard InChI is InChI=1S/C15H13NO/c1-2-5-13-12-9-8-10-6-3-4-7-11(10)14(12)15(17)16-13/h2-4,6-9,13H,1,5H2,(H,16,17). The summed E-state index contributed by atoms with van der Waals surface area (Å²) in [5, 5.41) is 5.15. The van der Waals surface area contributed by atoms with Gasteiger partial charge in [0.25, 0.3) is 5.91 Å². The summed E-state index contributed by atoms with van der Waals surface area (Å²) in [4.78, 5) is 12.0. The summed E-state index contributed by atoms with van der Waals surface area (Å²) in [5.74, 6) is 0.0312. The molecule has 84 valence electrons. The fourth-order valence-electron chi connectivity index (χ4n) is 2.49. The molecule has 0 bridgehead atoms. The molecule has 0 radical (unpaired) electrons. The summed E-state index contributed by atoms with van der Waals surface area (Å²) in [6.07, 6.45) is 2.62. The van der Waals surface area contributed by atoms with E-state index in [0.29, 0.717) is 0 Å². The number of carbonyl (C=O) groups excluding carboxylic acids is 1. The average molecular weight is 223 g/mol. The van der Waals surface area contributed by atoms with E-state index in [0.717, 1.165) is 28.3 Å². The van der Waals surface area contributed by atoms with E-state index < -0.39 is 0 Å². The van der Waals surface area contributed by atoms with Gasteiger partial charge in [-0.3, -0.25) is 4.79 Å². The minimum Gasteiger partial charge on any atom is -0.345 e. The maximum Gasteiger partial charge on any atom is 0.252 e. The van der Waals surface area contributed by atoms with Gasteiger partial charge in [0, 0.05) is 0 Å². The van der Waals surface area contributed by atoms with Crippen LogP contribution in [0.15, 0.2) is 49.1 Å². The molecule has 0 spiro atoms. The molecule has 0 saturated heterocycles. The molecule has 0 aromatic heterocycles. The predicted molar refractivity (Wildman–Crippen MR) is 69.0 cm³/mol. The van der Waals surface area contributed by atoms with E-state index >= 15 is 0 Å². The Bertz CT molecular complexity index is 615. The predicted octanol–water partition coefficient (Wildman–Crippen LogP) is 3.20. The summed E-state index contributed by atoms with van der Waals surface area (Å²) in [7, 11) is 0. The van der Waals surface area contributed by atoms with Crippen LogP contribution < -0.4 is 5.32 Å². The number of carbonyl (C=O) groups is 1. The molecule has 2 nitrogen and oxygen atoms in total. The molecule has 1 heterocycles. The summed E-state index contributed by atoms with van der Waals surface area (Å²) >= 11 is 0. The lowest BCUT2D eigenvalue weighted by Crippen LogP contribution is -2.18. The Labute approximate surface area is 100.0 Å². The van der Waals surface area contributed by atoms with Gasteiger partial charge in [-0.1, -0.05) is 42.5 Å². The number of hydrogen-bond acceptors (Lipinski definition) is 1. The average Bonchev–Trinajstić information content (AvgIpc) is 2.67. The van der Waals surface area contributed by atoms with Crippen LogP contribution in [0.4, 0.5) is 0 Å². The summed E-state index contributed by atoms with van der Waals surface area (Å²) < 4.78 is 0. The first-order valence-corrected chi connectivity index (χ1v) is 5.74. The van der Waals surface area contributed by atoms with Crippen molar-refractivity contribution in [1.82, 2.24) is 5.32 Å². The quantitative estimate of drug-likeness (QED) is 0.778. The Morgan fingerprint density at radius 3 is 2.88 bits per heavy atom. The van der Waals surface area contributed by atoms with Crippen molar-refractivity contribution in [3.63, 3.8) is 0 Å². The van der Waals surface area contributed by atoms with Crippen molar-refractivity contribution in [2.24, 2.45) is 0 Å². The molecule has 1 unspecified atom stereocenters. The normalized spacial score (nSPS) is 17.9. The van der Waals surface area contributed by atoms with Crippen molar-refractivity contribution in [2.45, 2.75) is 12.5 Å². The van der Waals surface area contributed by atoms with Crippen molar-refractivity contribution in [2.75, 3.05) is 0 Å². The first kappa shape index (κ1) is 10.1. The van der Waals surface area contributed by atoms with Gasteiger partial charge in [0.2, 0.25) is 0 Å². The highest BCUT2D eigenvalue weighted by Gasteiger charge is 2.28. The molecule has 1 aliphatic heterocycles. The van der Waals surface area contributed by atoms with Gasteiger partial charge in [0.15, 0.2) is 0 Å². The van der Waals surface area contributed by atoms with E-state index in [1.165, 1.54) is 0 Å². The first-order valence-electron chi connectivity index (χ1n) is 5.74. The van der Waals surface area contributed by atoms with Gasteiger partial charge < -0.3 is 5.32 Å². The molecule has 0 aliphatic carbocycles. The molecule has 3 rings (SSSR count). The van der Waals surface area contributed by atoms with Crippen molar-refractivity contribution in [3.8, 4) is 0 Å². The number of nitrogens with one attached hydrogen (secondary N) is 1. The monoisotopic (exact) mass is 223 g/mol. The van der Waals surface area contributed by atoms with Crippen LogP contribution >= 0.6 is 0 Å². The lowest BCUT2D eigenvalue weighted by molar-refractivity contribution is 0.0958.